The Hall–Kier alpha value is -2.03. The average molecular weight is 230 g/mol. The van der Waals surface area contributed by atoms with Gasteiger partial charge in [-0.15, -0.1) is 0 Å². The highest BCUT2D eigenvalue weighted by molar-refractivity contribution is 6.00. The zero-order chi connectivity index (χ0) is 12.7. The number of aromatic hydroxyl groups is 1. The molecule has 3 nitrogen and oxygen atoms in total. The minimum Gasteiger partial charge on any atom is -0.508 e. The van der Waals surface area contributed by atoms with Crippen LogP contribution in [-0.2, 0) is 0 Å². The molecule has 2 rings (SSSR count). The van der Waals surface area contributed by atoms with E-state index in [1.54, 1.807) is 26.0 Å². The largest absolute Gasteiger partial charge is 0.508 e. The van der Waals surface area contributed by atoms with E-state index in [4.69, 9.17) is 0 Å². The van der Waals surface area contributed by atoms with Crippen LogP contribution in [0.25, 0.3) is 10.8 Å². The summed E-state index contributed by atoms with van der Waals surface area (Å²) in [6, 6.07) is 5.19. The fourth-order valence-corrected chi connectivity index (χ4v) is 2.28. The van der Waals surface area contributed by atoms with E-state index in [0.29, 0.717) is 5.56 Å². The SMILES string of the molecule is Cc1cc2c(C)c(O)ccc2c(C)c1C(=O)O. The lowest BCUT2D eigenvalue weighted by Gasteiger charge is -2.12. The maximum absolute atomic E-state index is 11.2. The Morgan fingerprint density at radius 1 is 1.06 bits per heavy atom. The molecule has 0 aliphatic rings. The Morgan fingerprint density at radius 3 is 2.29 bits per heavy atom. The first-order valence-electron chi connectivity index (χ1n) is 5.39. The molecule has 0 atom stereocenters. The van der Waals surface area contributed by atoms with E-state index in [2.05, 4.69) is 0 Å². The van der Waals surface area contributed by atoms with Gasteiger partial charge in [-0.25, -0.2) is 4.79 Å². The molecule has 0 radical (unpaired) electrons. The van der Waals surface area contributed by atoms with Crippen molar-refractivity contribution in [2.75, 3.05) is 0 Å². The van der Waals surface area contributed by atoms with Gasteiger partial charge in [0.25, 0.3) is 0 Å². The molecule has 0 bridgehead atoms. The lowest BCUT2D eigenvalue weighted by atomic mass is 9.93. The van der Waals surface area contributed by atoms with Crippen molar-refractivity contribution in [1.29, 1.82) is 0 Å². The third kappa shape index (κ3) is 1.64. The lowest BCUT2D eigenvalue weighted by molar-refractivity contribution is 0.0695. The zero-order valence-corrected chi connectivity index (χ0v) is 10.0. The standard InChI is InChI=1S/C14H14O3/c1-7-6-11-8(2)12(15)5-4-10(11)9(3)13(7)14(16)17/h4-6,15H,1-3H3,(H,16,17). The van der Waals surface area contributed by atoms with E-state index < -0.39 is 5.97 Å². The fraction of sp³-hybridized carbons (Fsp3) is 0.214. The van der Waals surface area contributed by atoms with Gasteiger partial charge in [0.2, 0.25) is 0 Å². The van der Waals surface area contributed by atoms with Crippen LogP contribution in [0, 0.1) is 20.8 Å². The smallest absolute Gasteiger partial charge is 0.336 e. The number of aryl methyl sites for hydroxylation is 3. The Morgan fingerprint density at radius 2 is 1.71 bits per heavy atom. The van der Waals surface area contributed by atoms with Crippen molar-refractivity contribution in [3.63, 3.8) is 0 Å². The quantitative estimate of drug-likeness (QED) is 0.791. The van der Waals surface area contributed by atoms with E-state index in [1.165, 1.54) is 0 Å². The molecule has 0 fully saturated rings. The highest BCUT2D eigenvalue weighted by Gasteiger charge is 2.15. The number of fused-ring (bicyclic) bond motifs is 1. The summed E-state index contributed by atoms with van der Waals surface area (Å²) >= 11 is 0. The maximum Gasteiger partial charge on any atom is 0.336 e. The Balaban J connectivity index is 2.96. The number of benzene rings is 2. The van der Waals surface area contributed by atoms with Gasteiger partial charge in [0, 0.05) is 0 Å². The van der Waals surface area contributed by atoms with Crippen molar-refractivity contribution in [2.24, 2.45) is 0 Å². The van der Waals surface area contributed by atoms with Crippen LogP contribution in [0.1, 0.15) is 27.0 Å². The second-order valence-corrected chi connectivity index (χ2v) is 4.30. The van der Waals surface area contributed by atoms with Gasteiger partial charge < -0.3 is 10.2 Å². The van der Waals surface area contributed by atoms with Crippen molar-refractivity contribution >= 4 is 16.7 Å². The predicted octanol–water partition coefficient (Wildman–Crippen LogP) is 3.17. The van der Waals surface area contributed by atoms with Gasteiger partial charge in [0.05, 0.1) is 5.56 Å². The molecule has 88 valence electrons. The summed E-state index contributed by atoms with van der Waals surface area (Å²) in [5.41, 5.74) is 2.60. The van der Waals surface area contributed by atoms with Crippen LogP contribution < -0.4 is 0 Å². The summed E-state index contributed by atoms with van der Waals surface area (Å²) in [6.45, 7) is 5.41. The Bertz CT molecular complexity index is 627. The maximum atomic E-state index is 11.2. The normalized spacial score (nSPS) is 10.8. The van der Waals surface area contributed by atoms with Crippen LogP contribution in [0.3, 0.4) is 0 Å². The molecule has 0 spiro atoms. The molecule has 0 amide bonds. The van der Waals surface area contributed by atoms with E-state index >= 15 is 0 Å². The number of carboxylic acid groups (broad SMARTS) is 1. The molecular weight excluding hydrogens is 216 g/mol. The summed E-state index contributed by atoms with van der Waals surface area (Å²) in [5, 5.41) is 20.6. The fourth-order valence-electron chi connectivity index (χ4n) is 2.28. The van der Waals surface area contributed by atoms with Crippen molar-refractivity contribution in [2.45, 2.75) is 20.8 Å². The van der Waals surface area contributed by atoms with Crippen molar-refractivity contribution in [1.82, 2.24) is 0 Å². The minimum absolute atomic E-state index is 0.236. The highest BCUT2D eigenvalue weighted by atomic mass is 16.4. The van der Waals surface area contributed by atoms with Gasteiger partial charge >= 0.3 is 5.97 Å². The minimum atomic E-state index is -0.910. The van der Waals surface area contributed by atoms with Crippen LogP contribution in [-0.4, -0.2) is 16.2 Å². The van der Waals surface area contributed by atoms with Crippen LogP contribution in [0.4, 0.5) is 0 Å². The lowest BCUT2D eigenvalue weighted by Crippen LogP contribution is -2.03. The number of carboxylic acids is 1. The topological polar surface area (TPSA) is 57.5 Å². The summed E-state index contributed by atoms with van der Waals surface area (Å²) < 4.78 is 0. The first-order valence-corrected chi connectivity index (χ1v) is 5.39. The predicted molar refractivity (Wildman–Crippen MR) is 66.8 cm³/mol. The average Bonchev–Trinajstić information content (AvgIpc) is 2.23. The molecule has 2 aromatic carbocycles. The summed E-state index contributed by atoms with van der Waals surface area (Å²) in [4.78, 5) is 11.2. The number of carbonyl (C=O) groups is 1. The van der Waals surface area contributed by atoms with Gasteiger partial charge in [-0.3, -0.25) is 0 Å². The molecule has 0 saturated carbocycles. The Kier molecular flexibility index (Phi) is 2.54. The molecule has 2 aromatic rings. The molecule has 0 heterocycles. The van der Waals surface area contributed by atoms with E-state index in [9.17, 15) is 15.0 Å². The number of rotatable bonds is 1. The van der Waals surface area contributed by atoms with Gasteiger partial charge in [-0.2, -0.15) is 0 Å². The van der Waals surface area contributed by atoms with Crippen LogP contribution in [0.15, 0.2) is 18.2 Å². The number of hydrogen-bond acceptors (Lipinski definition) is 2. The first-order chi connectivity index (χ1) is 7.93. The monoisotopic (exact) mass is 230 g/mol. The van der Waals surface area contributed by atoms with Gasteiger partial charge in [0.1, 0.15) is 5.75 Å². The van der Waals surface area contributed by atoms with E-state index in [1.807, 2.05) is 13.0 Å². The van der Waals surface area contributed by atoms with Crippen molar-refractivity contribution < 1.29 is 15.0 Å². The summed E-state index contributed by atoms with van der Waals surface area (Å²) in [5.74, 6) is -0.674. The first kappa shape index (κ1) is 11.5. The van der Waals surface area contributed by atoms with Crippen LogP contribution in [0.2, 0.25) is 0 Å². The molecule has 0 aliphatic heterocycles. The molecule has 0 aromatic heterocycles. The van der Waals surface area contributed by atoms with Crippen molar-refractivity contribution in [3.05, 3.63) is 40.5 Å². The molecule has 17 heavy (non-hydrogen) atoms. The van der Waals surface area contributed by atoms with Gasteiger partial charge in [-0.05, 0) is 54.3 Å². The van der Waals surface area contributed by atoms with E-state index in [0.717, 1.165) is 27.5 Å². The molecule has 2 N–H and O–H groups in total. The number of aromatic carboxylic acids is 1. The summed E-state index contributed by atoms with van der Waals surface area (Å²) in [6.07, 6.45) is 0. The van der Waals surface area contributed by atoms with Crippen molar-refractivity contribution in [3.8, 4) is 5.75 Å². The van der Waals surface area contributed by atoms with E-state index in [-0.39, 0.29) is 5.75 Å². The molecule has 0 aliphatic carbocycles. The van der Waals surface area contributed by atoms with Crippen LogP contribution >= 0.6 is 0 Å². The molecule has 0 unspecified atom stereocenters. The zero-order valence-electron chi connectivity index (χ0n) is 10.0. The second kappa shape index (κ2) is 3.77. The van der Waals surface area contributed by atoms with Gasteiger partial charge in [0.15, 0.2) is 0 Å². The molecular formula is C14H14O3. The number of phenolic OH excluding ortho intramolecular Hbond substituents is 1. The second-order valence-electron chi connectivity index (χ2n) is 4.30. The molecule has 3 heteroatoms. The van der Waals surface area contributed by atoms with Gasteiger partial charge in [-0.1, -0.05) is 12.1 Å². The highest BCUT2D eigenvalue weighted by Crippen LogP contribution is 2.31. The number of hydrogen-bond donors (Lipinski definition) is 2. The number of phenols is 1. The third-order valence-corrected chi connectivity index (χ3v) is 3.23. The molecule has 0 saturated heterocycles. The Labute approximate surface area is 99.3 Å². The van der Waals surface area contributed by atoms with Crippen LogP contribution in [0.5, 0.6) is 5.75 Å². The summed E-state index contributed by atoms with van der Waals surface area (Å²) in [7, 11) is 0. The third-order valence-electron chi connectivity index (χ3n) is 3.23.